The Kier molecular flexibility index (Phi) is 36.2. The lowest BCUT2D eigenvalue weighted by Gasteiger charge is -2.40. The van der Waals surface area contributed by atoms with E-state index in [0.717, 1.165) is 44.9 Å². The van der Waals surface area contributed by atoms with Gasteiger partial charge >= 0.3 is 0 Å². The molecule has 0 radical (unpaired) electrons. The van der Waals surface area contributed by atoms with Crippen LogP contribution in [-0.4, -0.2) is 98.7 Å². The Balaban J connectivity index is 2.22. The summed E-state index contributed by atoms with van der Waals surface area (Å²) in [5.41, 5.74) is 0. The molecule has 0 aliphatic carbocycles. The zero-order chi connectivity index (χ0) is 41.8. The first-order valence-corrected chi connectivity index (χ1v) is 24.3. The molecule has 2 unspecified atom stereocenters. The van der Waals surface area contributed by atoms with Crippen LogP contribution in [0.3, 0.4) is 0 Å². The van der Waals surface area contributed by atoms with Crippen LogP contribution in [0, 0.1) is 0 Å². The van der Waals surface area contributed by atoms with Crippen molar-refractivity contribution in [2.75, 3.05) is 13.2 Å². The molecule has 7 N–H and O–H groups in total. The minimum absolute atomic E-state index is 0.255. The van der Waals surface area contributed by atoms with E-state index in [1.165, 1.54) is 161 Å². The Hall–Kier alpha value is -0.850. The predicted molar refractivity (Wildman–Crippen MR) is 232 cm³/mol. The monoisotopic (exact) mass is 816 g/mol. The molecule has 8 atom stereocenters. The van der Waals surface area contributed by atoms with E-state index >= 15 is 0 Å². The van der Waals surface area contributed by atoms with Gasteiger partial charge in [-0.15, -0.1) is 0 Å². The van der Waals surface area contributed by atoms with Gasteiger partial charge in [0.2, 0.25) is 5.91 Å². The van der Waals surface area contributed by atoms with Gasteiger partial charge in [-0.05, 0) is 12.8 Å². The van der Waals surface area contributed by atoms with Gasteiger partial charge in [-0.2, -0.15) is 0 Å². The van der Waals surface area contributed by atoms with Crippen LogP contribution >= 0.6 is 0 Å². The predicted octanol–water partition coefficient (Wildman–Crippen LogP) is 9.31. The zero-order valence-corrected chi connectivity index (χ0v) is 37.0. The van der Waals surface area contributed by atoms with Crippen molar-refractivity contribution in [3.05, 3.63) is 0 Å². The summed E-state index contributed by atoms with van der Waals surface area (Å²) in [7, 11) is 0. The van der Waals surface area contributed by atoms with Crippen LogP contribution in [0.4, 0.5) is 0 Å². The molecule has 1 amide bonds. The lowest BCUT2D eigenvalue weighted by atomic mass is 9.98. The van der Waals surface area contributed by atoms with Crippen LogP contribution in [0.25, 0.3) is 0 Å². The van der Waals surface area contributed by atoms with Crippen molar-refractivity contribution in [2.45, 2.75) is 281 Å². The third-order valence-corrected chi connectivity index (χ3v) is 12.1. The lowest BCUT2D eigenvalue weighted by molar-refractivity contribution is -0.303. The first-order valence-electron chi connectivity index (χ1n) is 24.3. The normalized spacial score (nSPS) is 21.4. The maximum absolute atomic E-state index is 13.0. The topological polar surface area (TPSA) is 169 Å². The molecular weight excluding hydrogens is 723 g/mol. The molecule has 1 aliphatic rings. The van der Waals surface area contributed by atoms with Crippen LogP contribution in [0.2, 0.25) is 0 Å². The second-order valence-electron chi connectivity index (χ2n) is 17.4. The molecule has 10 nitrogen and oxygen atoms in total. The highest BCUT2D eigenvalue weighted by Crippen LogP contribution is 2.23. The molecule has 1 saturated heterocycles. The van der Waals surface area contributed by atoms with Gasteiger partial charge in [0.05, 0.1) is 25.4 Å². The van der Waals surface area contributed by atoms with Crippen LogP contribution in [0.5, 0.6) is 0 Å². The van der Waals surface area contributed by atoms with Crippen molar-refractivity contribution >= 4 is 5.91 Å². The summed E-state index contributed by atoms with van der Waals surface area (Å²) in [5.74, 6) is -0.255. The number of unbranched alkanes of at least 4 members (excludes halogenated alkanes) is 30. The average Bonchev–Trinajstić information content (AvgIpc) is 3.21. The van der Waals surface area contributed by atoms with E-state index in [0.29, 0.717) is 6.42 Å². The van der Waals surface area contributed by atoms with Crippen LogP contribution in [0.15, 0.2) is 0 Å². The summed E-state index contributed by atoms with van der Waals surface area (Å²) in [5, 5.41) is 64.9. The first-order chi connectivity index (χ1) is 27.8. The van der Waals surface area contributed by atoms with Gasteiger partial charge in [0, 0.05) is 6.42 Å². The molecule has 0 spiro atoms. The van der Waals surface area contributed by atoms with Crippen molar-refractivity contribution in [3.8, 4) is 0 Å². The molecule has 340 valence electrons. The fourth-order valence-electron chi connectivity index (χ4n) is 8.08. The molecule has 1 heterocycles. The van der Waals surface area contributed by atoms with Gasteiger partial charge in [-0.3, -0.25) is 4.79 Å². The molecule has 0 aromatic heterocycles. The van der Waals surface area contributed by atoms with Gasteiger partial charge in [0.1, 0.15) is 30.5 Å². The Morgan fingerprint density at radius 2 is 0.912 bits per heavy atom. The van der Waals surface area contributed by atoms with Crippen molar-refractivity contribution in [1.82, 2.24) is 5.32 Å². The number of aliphatic hydroxyl groups excluding tert-OH is 6. The molecule has 1 aliphatic heterocycles. The minimum atomic E-state index is -1.60. The van der Waals surface area contributed by atoms with Crippen molar-refractivity contribution in [2.24, 2.45) is 0 Å². The largest absolute Gasteiger partial charge is 0.394 e. The second-order valence-corrected chi connectivity index (χ2v) is 17.4. The van der Waals surface area contributed by atoms with Gasteiger partial charge in [0.15, 0.2) is 6.29 Å². The SMILES string of the molecule is CCCCCCCCCCCCCCCCCCCCCCCCCCC(=O)N[C@@H](CO[C@@H]1O[C@H](CO)[C@@H](O)C(O)C1O)[C@H](O)[C@H](O)CCCCCCCCCC. The number of ether oxygens (including phenoxy) is 2. The van der Waals surface area contributed by atoms with Gasteiger partial charge in [-0.1, -0.05) is 213 Å². The minimum Gasteiger partial charge on any atom is -0.394 e. The fraction of sp³-hybridized carbons (Fsp3) is 0.979. The van der Waals surface area contributed by atoms with Crippen molar-refractivity contribution in [1.29, 1.82) is 0 Å². The number of rotatable bonds is 41. The second kappa shape index (κ2) is 38.1. The summed E-state index contributed by atoms with van der Waals surface area (Å²) >= 11 is 0. The molecule has 10 heteroatoms. The highest BCUT2D eigenvalue weighted by Gasteiger charge is 2.44. The maximum Gasteiger partial charge on any atom is 0.220 e. The standard InChI is InChI=1S/C47H93NO9/c1-3-5-7-9-11-13-14-15-16-17-18-19-20-21-22-23-24-25-26-27-28-30-32-34-36-42(51)48-39(38-56-47-46(55)45(54)44(53)41(37-49)57-47)43(52)40(50)35-33-31-29-12-10-8-6-4-2/h39-41,43-47,49-50,52-55H,3-38H2,1-2H3,(H,48,51)/t39-,40+,41+,43-,44+,45?,46?,47+/m0/s1. The molecular formula is C47H93NO9. The quantitative estimate of drug-likeness (QED) is 0.0298. The Morgan fingerprint density at radius 3 is 1.30 bits per heavy atom. The lowest BCUT2D eigenvalue weighted by Crippen LogP contribution is -2.60. The van der Waals surface area contributed by atoms with E-state index in [2.05, 4.69) is 19.2 Å². The molecule has 1 fully saturated rings. The summed E-state index contributed by atoms with van der Waals surface area (Å²) in [6.07, 6.45) is 31.4. The van der Waals surface area contributed by atoms with E-state index < -0.39 is 55.6 Å². The van der Waals surface area contributed by atoms with Crippen LogP contribution in [0.1, 0.15) is 232 Å². The molecule has 57 heavy (non-hydrogen) atoms. The Bertz CT molecular complexity index is 880. The number of hydrogen-bond acceptors (Lipinski definition) is 9. The number of amides is 1. The third kappa shape index (κ3) is 28.3. The number of hydrogen-bond donors (Lipinski definition) is 7. The molecule has 0 aromatic rings. The summed E-state index contributed by atoms with van der Waals surface area (Å²) in [4.78, 5) is 13.0. The Labute approximate surface area is 349 Å². The summed E-state index contributed by atoms with van der Waals surface area (Å²) in [6.45, 7) is 3.58. The van der Waals surface area contributed by atoms with Gasteiger partial charge in [-0.25, -0.2) is 0 Å². The summed E-state index contributed by atoms with van der Waals surface area (Å²) in [6, 6.07) is -0.983. The van der Waals surface area contributed by atoms with Crippen molar-refractivity contribution < 1.29 is 44.9 Å². The highest BCUT2D eigenvalue weighted by molar-refractivity contribution is 5.76. The summed E-state index contributed by atoms with van der Waals surface area (Å²) < 4.78 is 11.1. The molecule has 0 aromatic carbocycles. The van der Waals surface area contributed by atoms with Crippen LogP contribution < -0.4 is 5.32 Å². The highest BCUT2D eigenvalue weighted by atomic mass is 16.7. The number of aliphatic hydroxyl groups is 6. The fourth-order valence-corrected chi connectivity index (χ4v) is 8.08. The van der Waals surface area contributed by atoms with Crippen LogP contribution in [-0.2, 0) is 14.3 Å². The van der Waals surface area contributed by atoms with E-state index in [4.69, 9.17) is 9.47 Å². The zero-order valence-electron chi connectivity index (χ0n) is 37.0. The number of carbonyl (C=O) groups excluding carboxylic acids is 1. The average molecular weight is 816 g/mol. The van der Waals surface area contributed by atoms with E-state index in [1.54, 1.807) is 0 Å². The smallest absolute Gasteiger partial charge is 0.220 e. The first kappa shape index (κ1) is 54.2. The number of nitrogens with one attached hydrogen (secondary N) is 1. The molecule has 0 bridgehead atoms. The molecule has 0 saturated carbocycles. The van der Waals surface area contributed by atoms with Gasteiger partial charge < -0.3 is 45.4 Å². The van der Waals surface area contributed by atoms with E-state index in [-0.39, 0.29) is 18.9 Å². The maximum atomic E-state index is 13.0. The molecule has 1 rings (SSSR count). The van der Waals surface area contributed by atoms with E-state index in [1.807, 2.05) is 0 Å². The van der Waals surface area contributed by atoms with Gasteiger partial charge in [0.25, 0.3) is 0 Å². The van der Waals surface area contributed by atoms with Crippen molar-refractivity contribution in [3.63, 3.8) is 0 Å². The number of carbonyl (C=O) groups is 1. The Morgan fingerprint density at radius 1 is 0.544 bits per heavy atom. The van der Waals surface area contributed by atoms with E-state index in [9.17, 15) is 35.4 Å². The third-order valence-electron chi connectivity index (χ3n) is 12.1.